The molecular weight excluding hydrogens is 811 g/mol. The van der Waals surface area contributed by atoms with Gasteiger partial charge in [0, 0.05) is 79.1 Å². The second kappa shape index (κ2) is 17.8. The summed E-state index contributed by atoms with van der Waals surface area (Å²) in [5.41, 5.74) is 4.66. The number of para-hydroxylation sites is 1. The van der Waals surface area contributed by atoms with Gasteiger partial charge in [0.15, 0.2) is 11.6 Å². The minimum atomic E-state index is -0.653. The van der Waals surface area contributed by atoms with Crippen LogP contribution in [0.1, 0.15) is 46.4 Å². The zero-order valence-corrected chi connectivity index (χ0v) is 34.5. The molecule has 3 saturated heterocycles. The lowest BCUT2D eigenvalue weighted by Crippen LogP contribution is -2.47. The van der Waals surface area contributed by atoms with Gasteiger partial charge in [0.05, 0.1) is 16.9 Å². The van der Waals surface area contributed by atoms with E-state index in [-0.39, 0.29) is 41.4 Å². The fourth-order valence-corrected chi connectivity index (χ4v) is 8.89. The zero-order valence-electron chi connectivity index (χ0n) is 33.7. The van der Waals surface area contributed by atoms with E-state index in [0.29, 0.717) is 63.8 Å². The number of piperidine rings is 3. The summed E-state index contributed by atoms with van der Waals surface area (Å²) in [6.07, 6.45) is 3.72. The van der Waals surface area contributed by atoms with E-state index >= 15 is 0 Å². The largest absolute Gasteiger partial charge is 0.374 e. The lowest BCUT2D eigenvalue weighted by molar-refractivity contribution is -0.133. The summed E-state index contributed by atoms with van der Waals surface area (Å²) in [6, 6.07) is 28.4. The van der Waals surface area contributed by atoms with Gasteiger partial charge in [0.25, 0.3) is 11.8 Å². The molecule has 4 fully saturated rings. The van der Waals surface area contributed by atoms with Crippen molar-refractivity contribution in [3.8, 4) is 0 Å². The van der Waals surface area contributed by atoms with Crippen LogP contribution in [-0.4, -0.2) is 83.3 Å². The minimum absolute atomic E-state index is 0.0493. The van der Waals surface area contributed by atoms with Crippen molar-refractivity contribution in [3.63, 3.8) is 0 Å². The van der Waals surface area contributed by atoms with E-state index in [1.54, 1.807) is 72.8 Å². The topological polar surface area (TPSA) is 173 Å². The molecule has 1 aromatic heterocycles. The Kier molecular flexibility index (Phi) is 11.7. The standard InChI is InChI=1S/C46H46ClFN10O4/c47-37-3-1-2-4-39(37)54-44(61)28-5-9-30(10-6-28)51-42-38(48)23-49-46(56-42)53-31-11-7-27(8-12-31)43(60)52-32-19-21-57(22-20-32)24-34-35-25-58(26-36(34)35)33-15-13-29(14-16-33)50-40-17-18-41(59)55-45(40)62/h1-16,23,32,34-36,40,50H,17-22,24-26H2,(H,52,60)(H,54,61)(H,55,59,62)(H2,49,51,53,56). The molecule has 62 heavy (non-hydrogen) atoms. The van der Waals surface area contributed by atoms with Crippen molar-refractivity contribution in [3.05, 3.63) is 125 Å². The van der Waals surface area contributed by atoms with Gasteiger partial charge in [0.1, 0.15) is 6.04 Å². The molecule has 6 N–H and O–H groups in total. The number of nitrogens with one attached hydrogen (secondary N) is 6. The number of nitrogens with zero attached hydrogens (tertiary/aromatic N) is 4. The predicted octanol–water partition coefficient (Wildman–Crippen LogP) is 6.80. The molecule has 318 valence electrons. The van der Waals surface area contributed by atoms with Gasteiger partial charge in [-0.25, -0.2) is 9.37 Å². The SMILES string of the molecule is O=C1CCC(Nc2ccc(N3CC4C(CN5CCC(NC(=O)c6ccc(Nc7ncc(F)c(Nc8ccc(C(=O)Nc9ccccc9Cl)cc8)n7)cc6)CC5)C4C3)cc2)C(=O)N1. The fourth-order valence-electron chi connectivity index (χ4n) is 8.71. The van der Waals surface area contributed by atoms with E-state index in [1.165, 1.54) is 5.69 Å². The van der Waals surface area contributed by atoms with Gasteiger partial charge in [-0.05, 0) is 122 Å². The number of rotatable bonds is 13. The van der Waals surface area contributed by atoms with Gasteiger partial charge in [-0.1, -0.05) is 23.7 Å². The number of aromatic nitrogens is 2. The maximum absolute atomic E-state index is 14.7. The van der Waals surface area contributed by atoms with Crippen LogP contribution in [0.3, 0.4) is 0 Å². The van der Waals surface area contributed by atoms with Gasteiger partial charge in [0.2, 0.25) is 17.8 Å². The Morgan fingerprint density at radius 1 is 0.790 bits per heavy atom. The van der Waals surface area contributed by atoms with Crippen LogP contribution in [0.15, 0.2) is 103 Å². The maximum atomic E-state index is 14.7. The Hall–Kier alpha value is -6.58. The summed E-state index contributed by atoms with van der Waals surface area (Å²) in [5.74, 6) is 0.631. The second-order valence-corrected chi connectivity index (χ2v) is 16.8. The number of amides is 4. The van der Waals surface area contributed by atoms with Gasteiger partial charge in [-0.2, -0.15) is 4.98 Å². The first-order valence-electron chi connectivity index (χ1n) is 20.9. The van der Waals surface area contributed by atoms with Crippen molar-refractivity contribution in [1.82, 2.24) is 25.5 Å². The van der Waals surface area contributed by atoms with Crippen LogP contribution in [0.4, 0.5) is 44.6 Å². The van der Waals surface area contributed by atoms with Crippen LogP contribution in [0.5, 0.6) is 0 Å². The van der Waals surface area contributed by atoms with Crippen molar-refractivity contribution < 1.29 is 23.6 Å². The summed E-state index contributed by atoms with van der Waals surface area (Å²) in [6.45, 7) is 5.11. The first kappa shape index (κ1) is 40.8. The monoisotopic (exact) mass is 856 g/mol. The lowest BCUT2D eigenvalue weighted by Gasteiger charge is -2.33. The van der Waals surface area contributed by atoms with Crippen LogP contribution in [-0.2, 0) is 9.59 Å². The maximum Gasteiger partial charge on any atom is 0.255 e. The van der Waals surface area contributed by atoms with Crippen LogP contribution in [0.2, 0.25) is 5.02 Å². The van der Waals surface area contributed by atoms with Crippen molar-refractivity contribution >= 4 is 75.4 Å². The second-order valence-electron chi connectivity index (χ2n) is 16.4. The van der Waals surface area contributed by atoms with E-state index < -0.39 is 11.9 Å². The molecule has 14 nitrogen and oxygen atoms in total. The van der Waals surface area contributed by atoms with E-state index in [0.717, 1.165) is 57.4 Å². The lowest BCUT2D eigenvalue weighted by atomic mass is 10.0. The molecule has 4 aromatic carbocycles. The highest BCUT2D eigenvalue weighted by atomic mass is 35.5. The summed E-state index contributed by atoms with van der Waals surface area (Å²) in [7, 11) is 0. The number of anilines is 7. The Morgan fingerprint density at radius 2 is 1.44 bits per heavy atom. The zero-order chi connectivity index (χ0) is 42.7. The van der Waals surface area contributed by atoms with Crippen molar-refractivity contribution in [2.24, 2.45) is 17.8 Å². The van der Waals surface area contributed by atoms with Crippen LogP contribution < -0.4 is 36.8 Å². The minimum Gasteiger partial charge on any atom is -0.374 e. The molecule has 4 heterocycles. The Bertz CT molecular complexity index is 2450. The van der Waals surface area contributed by atoms with Gasteiger partial charge < -0.3 is 36.4 Å². The number of likely N-dealkylation sites (tertiary alicyclic amines) is 1. The van der Waals surface area contributed by atoms with Crippen molar-refractivity contribution in [1.29, 1.82) is 0 Å². The molecule has 3 atom stereocenters. The average molecular weight is 857 g/mol. The van der Waals surface area contributed by atoms with Gasteiger partial charge in [-0.3, -0.25) is 24.5 Å². The molecule has 1 aliphatic carbocycles. The molecular formula is C46H46ClFN10O4. The Balaban J connectivity index is 0.691. The number of fused-ring (bicyclic) bond motifs is 1. The molecule has 1 saturated carbocycles. The number of benzene rings is 4. The molecule has 16 heteroatoms. The number of carbonyl (C=O) groups excluding carboxylic acids is 4. The molecule has 3 unspecified atom stereocenters. The quantitative estimate of drug-likeness (QED) is 0.0688. The number of hydrogen-bond acceptors (Lipinski definition) is 11. The first-order valence-corrected chi connectivity index (χ1v) is 21.3. The summed E-state index contributed by atoms with van der Waals surface area (Å²) in [4.78, 5) is 62.8. The molecule has 4 amide bonds. The van der Waals surface area contributed by atoms with E-state index in [4.69, 9.17) is 11.6 Å². The smallest absolute Gasteiger partial charge is 0.255 e. The predicted molar refractivity (Wildman–Crippen MR) is 237 cm³/mol. The van der Waals surface area contributed by atoms with Crippen molar-refractivity contribution in [2.75, 3.05) is 58.9 Å². The van der Waals surface area contributed by atoms with Gasteiger partial charge in [-0.15, -0.1) is 0 Å². The Morgan fingerprint density at radius 3 is 2.11 bits per heavy atom. The first-order chi connectivity index (χ1) is 30.1. The van der Waals surface area contributed by atoms with E-state index in [2.05, 4.69) is 63.8 Å². The fraction of sp³-hybridized carbons (Fsp3) is 0.304. The molecule has 0 spiro atoms. The highest BCUT2D eigenvalue weighted by molar-refractivity contribution is 6.33. The molecule has 0 radical (unpaired) electrons. The number of carbonyl (C=O) groups is 4. The molecule has 0 bridgehead atoms. The number of hydrogen-bond donors (Lipinski definition) is 6. The molecule has 9 rings (SSSR count). The van der Waals surface area contributed by atoms with Crippen LogP contribution in [0.25, 0.3) is 0 Å². The summed E-state index contributed by atoms with van der Waals surface area (Å²) < 4.78 is 14.7. The third-order valence-corrected chi connectivity index (χ3v) is 12.6. The molecule has 5 aromatic rings. The third kappa shape index (κ3) is 9.48. The highest BCUT2D eigenvalue weighted by Gasteiger charge is 2.55. The molecule has 3 aliphatic heterocycles. The van der Waals surface area contributed by atoms with Crippen LogP contribution >= 0.6 is 11.6 Å². The molecule has 4 aliphatic rings. The number of imide groups is 1. The van der Waals surface area contributed by atoms with Crippen LogP contribution in [0, 0.1) is 23.6 Å². The Labute approximate surface area is 363 Å². The summed E-state index contributed by atoms with van der Waals surface area (Å²) in [5, 5.41) is 18.1. The van der Waals surface area contributed by atoms with Crippen molar-refractivity contribution in [2.45, 2.75) is 37.8 Å². The summed E-state index contributed by atoms with van der Waals surface area (Å²) >= 11 is 6.15. The highest BCUT2D eigenvalue weighted by Crippen LogP contribution is 2.53. The number of halogens is 2. The van der Waals surface area contributed by atoms with E-state index in [9.17, 15) is 23.6 Å². The van der Waals surface area contributed by atoms with E-state index in [1.807, 2.05) is 12.1 Å². The normalized spacial score (nSPS) is 21.1. The third-order valence-electron chi connectivity index (χ3n) is 12.3. The van der Waals surface area contributed by atoms with Gasteiger partial charge >= 0.3 is 0 Å². The average Bonchev–Trinajstić information content (AvgIpc) is 3.69.